The molecule has 1 aromatic rings. The Balaban J connectivity index is 3.38. The van der Waals surface area contributed by atoms with E-state index in [-0.39, 0.29) is 23.2 Å². The van der Waals surface area contributed by atoms with Crippen molar-refractivity contribution in [3.05, 3.63) is 23.3 Å². The minimum atomic E-state index is -0.195. The molecular weight excluding hydrogens is 252 g/mol. The molecule has 0 radical (unpaired) electrons. The Hall–Kier alpha value is -1.51. The lowest BCUT2D eigenvalue weighted by Gasteiger charge is -2.28. The molecule has 0 spiro atoms. The SMILES string of the molecule is CC(=O)COc1cc(C(C)(C)C)c(O)c(C(C)(C)C)c1. The number of ether oxygens (including phenoxy) is 1. The number of ketones is 1. The van der Waals surface area contributed by atoms with Crippen molar-refractivity contribution in [2.24, 2.45) is 0 Å². The van der Waals surface area contributed by atoms with E-state index >= 15 is 0 Å². The Morgan fingerprint density at radius 2 is 1.45 bits per heavy atom. The van der Waals surface area contributed by atoms with Crippen LogP contribution < -0.4 is 4.74 Å². The van der Waals surface area contributed by atoms with Gasteiger partial charge < -0.3 is 9.84 Å². The largest absolute Gasteiger partial charge is 0.507 e. The molecule has 0 amide bonds. The Labute approximate surface area is 122 Å². The maximum Gasteiger partial charge on any atom is 0.167 e. The minimum absolute atomic E-state index is 0.0207. The molecule has 0 atom stereocenters. The lowest BCUT2D eigenvalue weighted by atomic mass is 9.79. The second kappa shape index (κ2) is 5.47. The summed E-state index contributed by atoms with van der Waals surface area (Å²) in [6, 6.07) is 3.65. The minimum Gasteiger partial charge on any atom is -0.507 e. The fourth-order valence-corrected chi connectivity index (χ4v) is 2.02. The van der Waals surface area contributed by atoms with Gasteiger partial charge in [0.15, 0.2) is 5.78 Å². The van der Waals surface area contributed by atoms with Crippen LogP contribution in [-0.4, -0.2) is 17.5 Å². The van der Waals surface area contributed by atoms with Crippen LogP contribution in [0.5, 0.6) is 11.5 Å². The lowest BCUT2D eigenvalue weighted by molar-refractivity contribution is -0.118. The molecule has 0 bridgehead atoms. The topological polar surface area (TPSA) is 46.5 Å². The van der Waals surface area contributed by atoms with E-state index in [1.165, 1.54) is 6.92 Å². The van der Waals surface area contributed by atoms with Crippen molar-refractivity contribution in [3.63, 3.8) is 0 Å². The fourth-order valence-electron chi connectivity index (χ4n) is 2.02. The molecule has 0 aliphatic rings. The summed E-state index contributed by atoms with van der Waals surface area (Å²) in [4.78, 5) is 11.1. The van der Waals surface area contributed by atoms with Gasteiger partial charge in [0.05, 0.1) is 0 Å². The molecular formula is C17H26O3. The second-order valence-corrected chi connectivity index (χ2v) is 7.36. The molecule has 0 saturated carbocycles. The molecule has 112 valence electrons. The third-order valence-electron chi connectivity index (χ3n) is 3.14. The Bertz CT molecular complexity index is 467. The molecule has 0 saturated heterocycles. The number of aromatic hydroxyl groups is 1. The smallest absolute Gasteiger partial charge is 0.167 e. The molecule has 3 heteroatoms. The predicted molar refractivity (Wildman–Crippen MR) is 81.7 cm³/mol. The highest BCUT2D eigenvalue weighted by Crippen LogP contribution is 2.41. The first kappa shape index (κ1) is 16.5. The number of phenolic OH excluding ortho intramolecular Hbond substituents is 1. The van der Waals surface area contributed by atoms with Crippen LogP contribution in [0.25, 0.3) is 0 Å². The summed E-state index contributed by atoms with van der Waals surface area (Å²) in [6.07, 6.45) is 0. The fraction of sp³-hybridized carbons (Fsp3) is 0.588. The van der Waals surface area contributed by atoms with Gasteiger partial charge in [0.1, 0.15) is 18.1 Å². The van der Waals surface area contributed by atoms with Gasteiger partial charge in [0, 0.05) is 11.1 Å². The quantitative estimate of drug-likeness (QED) is 0.910. The van der Waals surface area contributed by atoms with E-state index < -0.39 is 0 Å². The lowest BCUT2D eigenvalue weighted by Crippen LogP contribution is -2.18. The number of benzene rings is 1. The first-order chi connectivity index (χ1) is 8.93. The monoisotopic (exact) mass is 278 g/mol. The van der Waals surface area contributed by atoms with Gasteiger partial charge in [-0.1, -0.05) is 41.5 Å². The molecule has 1 rings (SSSR count). The maximum absolute atomic E-state index is 11.1. The summed E-state index contributed by atoms with van der Waals surface area (Å²) >= 11 is 0. The third-order valence-corrected chi connectivity index (χ3v) is 3.14. The molecule has 1 aromatic carbocycles. The van der Waals surface area contributed by atoms with Crippen molar-refractivity contribution in [3.8, 4) is 11.5 Å². The molecule has 1 N–H and O–H groups in total. The van der Waals surface area contributed by atoms with E-state index in [0.717, 1.165) is 11.1 Å². The van der Waals surface area contributed by atoms with Gasteiger partial charge in [-0.25, -0.2) is 0 Å². The van der Waals surface area contributed by atoms with E-state index in [4.69, 9.17) is 4.74 Å². The standard InChI is InChI=1S/C17H26O3/c1-11(18)10-20-12-8-13(16(2,3)4)15(19)14(9-12)17(5,6)7/h8-9,19H,10H2,1-7H3. The van der Waals surface area contributed by atoms with Crippen molar-refractivity contribution in [1.29, 1.82) is 0 Å². The van der Waals surface area contributed by atoms with Crippen LogP contribution in [0.4, 0.5) is 0 Å². The van der Waals surface area contributed by atoms with Gasteiger partial charge in [-0.15, -0.1) is 0 Å². The first-order valence-electron chi connectivity index (χ1n) is 6.93. The molecule has 0 aliphatic heterocycles. The summed E-state index contributed by atoms with van der Waals surface area (Å²) < 4.78 is 5.53. The van der Waals surface area contributed by atoms with Gasteiger partial charge in [-0.3, -0.25) is 4.79 Å². The highest BCUT2D eigenvalue weighted by molar-refractivity contribution is 5.77. The molecule has 0 fully saturated rings. The summed E-state index contributed by atoms with van der Waals surface area (Å²) in [5, 5.41) is 10.5. The van der Waals surface area contributed by atoms with E-state index in [1.807, 2.05) is 53.7 Å². The average Bonchev–Trinajstić information content (AvgIpc) is 2.24. The first-order valence-corrected chi connectivity index (χ1v) is 6.93. The molecule has 3 nitrogen and oxygen atoms in total. The zero-order valence-electron chi connectivity index (χ0n) is 13.6. The van der Waals surface area contributed by atoms with Gasteiger partial charge in [0.2, 0.25) is 0 Å². The Morgan fingerprint density at radius 3 is 1.75 bits per heavy atom. The van der Waals surface area contributed by atoms with Gasteiger partial charge >= 0.3 is 0 Å². The predicted octanol–water partition coefficient (Wildman–Crippen LogP) is 3.96. The molecule has 20 heavy (non-hydrogen) atoms. The number of phenols is 1. The van der Waals surface area contributed by atoms with Crippen molar-refractivity contribution in [2.45, 2.75) is 59.3 Å². The number of hydrogen-bond acceptors (Lipinski definition) is 3. The van der Waals surface area contributed by atoms with Crippen LogP contribution in [-0.2, 0) is 15.6 Å². The van der Waals surface area contributed by atoms with E-state index in [1.54, 1.807) is 0 Å². The number of carbonyl (C=O) groups is 1. The highest BCUT2D eigenvalue weighted by atomic mass is 16.5. The van der Waals surface area contributed by atoms with Gasteiger partial charge in [-0.05, 0) is 29.9 Å². The number of Topliss-reactive ketones (excluding diaryl/α,β-unsaturated/α-hetero) is 1. The third kappa shape index (κ3) is 3.99. The zero-order chi connectivity index (χ0) is 15.7. The molecule has 0 heterocycles. The van der Waals surface area contributed by atoms with E-state index in [0.29, 0.717) is 11.5 Å². The van der Waals surface area contributed by atoms with Crippen molar-refractivity contribution in [1.82, 2.24) is 0 Å². The number of carbonyl (C=O) groups excluding carboxylic acids is 1. The average molecular weight is 278 g/mol. The number of hydrogen-bond donors (Lipinski definition) is 1. The highest BCUT2D eigenvalue weighted by Gasteiger charge is 2.26. The Morgan fingerprint density at radius 1 is 1.05 bits per heavy atom. The van der Waals surface area contributed by atoms with Crippen LogP contribution >= 0.6 is 0 Å². The van der Waals surface area contributed by atoms with Crippen LogP contribution in [0.15, 0.2) is 12.1 Å². The van der Waals surface area contributed by atoms with Gasteiger partial charge in [0.25, 0.3) is 0 Å². The van der Waals surface area contributed by atoms with Crippen LogP contribution in [0.3, 0.4) is 0 Å². The molecule has 0 aliphatic carbocycles. The van der Waals surface area contributed by atoms with Crippen molar-refractivity contribution < 1.29 is 14.6 Å². The van der Waals surface area contributed by atoms with Crippen LogP contribution in [0.1, 0.15) is 59.6 Å². The van der Waals surface area contributed by atoms with E-state index in [9.17, 15) is 9.90 Å². The van der Waals surface area contributed by atoms with E-state index in [2.05, 4.69) is 0 Å². The summed E-state index contributed by atoms with van der Waals surface area (Å²) in [5.74, 6) is 0.931. The second-order valence-electron chi connectivity index (χ2n) is 7.36. The van der Waals surface area contributed by atoms with Gasteiger partial charge in [-0.2, -0.15) is 0 Å². The molecule has 0 unspecified atom stereocenters. The maximum atomic E-state index is 11.1. The zero-order valence-corrected chi connectivity index (χ0v) is 13.6. The summed E-state index contributed by atoms with van der Waals surface area (Å²) in [7, 11) is 0. The van der Waals surface area contributed by atoms with Crippen LogP contribution in [0.2, 0.25) is 0 Å². The number of rotatable bonds is 3. The summed E-state index contributed by atoms with van der Waals surface area (Å²) in [6.45, 7) is 13.8. The summed E-state index contributed by atoms with van der Waals surface area (Å²) in [5.41, 5.74) is 1.28. The van der Waals surface area contributed by atoms with Crippen LogP contribution in [0, 0.1) is 0 Å². The molecule has 0 aromatic heterocycles. The van der Waals surface area contributed by atoms with Crippen molar-refractivity contribution in [2.75, 3.05) is 6.61 Å². The Kier molecular flexibility index (Phi) is 4.52. The van der Waals surface area contributed by atoms with Crippen molar-refractivity contribution >= 4 is 5.78 Å². The normalized spacial score (nSPS) is 12.3.